The van der Waals surface area contributed by atoms with Gasteiger partial charge in [0.05, 0.1) is 9.65 Å². The first-order valence-electron chi connectivity index (χ1n) is 5.37. The molecule has 2 atom stereocenters. The number of alkyl halides is 2. The Bertz CT molecular complexity index is 522. The molecule has 0 aliphatic heterocycles. The number of benzene rings is 2. The summed E-state index contributed by atoms with van der Waals surface area (Å²) in [5.74, 6) is 0. The lowest BCUT2D eigenvalue weighted by atomic mass is 10.0. The van der Waals surface area contributed by atoms with Crippen LogP contribution in [0.5, 0.6) is 0 Å². The predicted octanol–water partition coefficient (Wildman–Crippen LogP) is 6.78. The molecule has 0 N–H and O–H groups in total. The van der Waals surface area contributed by atoms with Crippen LogP contribution in [-0.4, -0.2) is 0 Å². The fraction of sp³-hybridized carbons (Fsp3) is 0.143. The first-order valence-corrected chi connectivity index (χ1v) is 8.79. The van der Waals surface area contributed by atoms with Crippen molar-refractivity contribution in [3.05, 3.63) is 68.6 Å². The van der Waals surface area contributed by atoms with E-state index in [1.54, 1.807) is 0 Å². The molecule has 2 aromatic carbocycles. The Morgan fingerprint density at radius 1 is 0.722 bits per heavy atom. The molecule has 0 bridgehead atoms. The molecule has 2 aromatic rings. The fourth-order valence-electron chi connectivity index (χ4n) is 1.67. The van der Waals surface area contributed by atoms with Gasteiger partial charge in [-0.15, -0.1) is 0 Å². The molecule has 0 amide bonds. The van der Waals surface area contributed by atoms with Crippen LogP contribution >= 0.6 is 63.7 Å². The first kappa shape index (κ1) is 14.8. The number of rotatable bonds is 3. The van der Waals surface area contributed by atoms with E-state index >= 15 is 0 Å². The Morgan fingerprint density at radius 3 is 1.94 bits per heavy atom. The topological polar surface area (TPSA) is 0 Å². The van der Waals surface area contributed by atoms with Crippen LogP contribution in [0.2, 0.25) is 0 Å². The molecule has 18 heavy (non-hydrogen) atoms. The summed E-state index contributed by atoms with van der Waals surface area (Å²) in [6, 6.07) is 16.6. The molecule has 0 radical (unpaired) electrons. The zero-order chi connectivity index (χ0) is 13.1. The maximum Gasteiger partial charge on any atom is 0.0572 e. The van der Waals surface area contributed by atoms with Gasteiger partial charge in [-0.3, -0.25) is 0 Å². The van der Waals surface area contributed by atoms with E-state index in [0.29, 0.717) is 0 Å². The molecule has 0 fully saturated rings. The smallest absolute Gasteiger partial charge is 0.0572 e. The van der Waals surface area contributed by atoms with Crippen molar-refractivity contribution in [3.63, 3.8) is 0 Å². The van der Waals surface area contributed by atoms with Crippen LogP contribution in [0, 0.1) is 0 Å². The van der Waals surface area contributed by atoms with E-state index in [-0.39, 0.29) is 9.65 Å². The quantitative estimate of drug-likeness (QED) is 0.410. The third-order valence-corrected chi connectivity index (χ3v) is 6.69. The summed E-state index contributed by atoms with van der Waals surface area (Å²) in [6.45, 7) is 0. The van der Waals surface area contributed by atoms with Gasteiger partial charge in [0.25, 0.3) is 0 Å². The molecule has 0 aliphatic rings. The average molecular weight is 498 g/mol. The van der Waals surface area contributed by atoms with Crippen molar-refractivity contribution in [1.82, 2.24) is 0 Å². The lowest BCUT2D eigenvalue weighted by Crippen LogP contribution is -2.00. The minimum absolute atomic E-state index is 0.217. The molecule has 4 heteroatoms. The summed E-state index contributed by atoms with van der Waals surface area (Å²) in [6.07, 6.45) is 0. The van der Waals surface area contributed by atoms with E-state index in [2.05, 4.69) is 106 Å². The summed E-state index contributed by atoms with van der Waals surface area (Å²) < 4.78 is 2.21. The van der Waals surface area contributed by atoms with Crippen molar-refractivity contribution in [2.75, 3.05) is 0 Å². The molecule has 0 saturated carbocycles. The highest BCUT2D eigenvalue weighted by Crippen LogP contribution is 2.44. The third-order valence-electron chi connectivity index (χ3n) is 2.65. The monoisotopic (exact) mass is 494 g/mol. The van der Waals surface area contributed by atoms with Gasteiger partial charge in [-0.2, -0.15) is 0 Å². The zero-order valence-corrected chi connectivity index (χ0v) is 15.6. The van der Waals surface area contributed by atoms with Gasteiger partial charge < -0.3 is 0 Å². The maximum atomic E-state index is 3.77. The van der Waals surface area contributed by atoms with Crippen molar-refractivity contribution >= 4 is 63.7 Å². The van der Waals surface area contributed by atoms with Gasteiger partial charge in [-0.05, 0) is 29.3 Å². The van der Waals surface area contributed by atoms with Crippen LogP contribution in [0.1, 0.15) is 20.8 Å². The summed E-state index contributed by atoms with van der Waals surface area (Å²) in [7, 11) is 0. The largest absolute Gasteiger partial charge is 0.0823 e. The molecule has 0 spiro atoms. The minimum atomic E-state index is 0.217. The highest BCUT2D eigenvalue weighted by molar-refractivity contribution is 9.12. The summed E-state index contributed by atoms with van der Waals surface area (Å²) >= 11 is 14.6. The SMILES string of the molecule is Brc1ccc([C@H](Br)[C@@H](Br)c2ccccc2Br)cc1. The average Bonchev–Trinajstić information content (AvgIpc) is 2.38. The molecule has 0 unspecified atom stereocenters. The van der Waals surface area contributed by atoms with E-state index in [1.807, 2.05) is 6.07 Å². The molecule has 2 rings (SSSR count). The van der Waals surface area contributed by atoms with Gasteiger partial charge in [-0.25, -0.2) is 0 Å². The second-order valence-electron chi connectivity index (χ2n) is 3.88. The highest BCUT2D eigenvalue weighted by Gasteiger charge is 2.21. The van der Waals surface area contributed by atoms with Crippen molar-refractivity contribution in [2.24, 2.45) is 0 Å². The second-order valence-corrected chi connectivity index (χ2v) is 7.62. The Labute approximate surface area is 141 Å². The second kappa shape index (κ2) is 6.69. The van der Waals surface area contributed by atoms with Gasteiger partial charge in [0.1, 0.15) is 0 Å². The zero-order valence-electron chi connectivity index (χ0n) is 9.29. The van der Waals surface area contributed by atoms with Crippen molar-refractivity contribution in [3.8, 4) is 0 Å². The number of hydrogen-bond acceptors (Lipinski definition) is 0. The first-order chi connectivity index (χ1) is 8.59. The predicted molar refractivity (Wildman–Crippen MR) is 91.6 cm³/mol. The standard InChI is InChI=1S/C14H10Br4/c15-10-7-5-9(6-8-10)13(17)14(18)11-3-1-2-4-12(11)16/h1-8,13-14H/t13-,14-/m0/s1. The maximum absolute atomic E-state index is 3.77. The summed E-state index contributed by atoms with van der Waals surface area (Å²) in [5.41, 5.74) is 2.48. The minimum Gasteiger partial charge on any atom is -0.0823 e. The molecular formula is C14H10Br4. The van der Waals surface area contributed by atoms with E-state index in [9.17, 15) is 0 Å². The summed E-state index contributed by atoms with van der Waals surface area (Å²) in [5, 5.41) is 0. The molecule has 0 aromatic heterocycles. The third kappa shape index (κ3) is 3.47. The Morgan fingerprint density at radius 2 is 1.33 bits per heavy atom. The normalized spacial score (nSPS) is 14.2. The molecular weight excluding hydrogens is 488 g/mol. The van der Waals surface area contributed by atoms with Crippen LogP contribution in [0.4, 0.5) is 0 Å². The Hall–Kier alpha value is 0.360. The van der Waals surface area contributed by atoms with Gasteiger partial charge in [0.2, 0.25) is 0 Å². The van der Waals surface area contributed by atoms with E-state index in [1.165, 1.54) is 11.1 Å². The van der Waals surface area contributed by atoms with E-state index < -0.39 is 0 Å². The van der Waals surface area contributed by atoms with Crippen LogP contribution in [-0.2, 0) is 0 Å². The van der Waals surface area contributed by atoms with Crippen molar-refractivity contribution < 1.29 is 0 Å². The molecule has 0 saturated heterocycles. The van der Waals surface area contributed by atoms with Gasteiger partial charge in [-0.1, -0.05) is 94.1 Å². The van der Waals surface area contributed by atoms with Crippen LogP contribution in [0.3, 0.4) is 0 Å². The van der Waals surface area contributed by atoms with Crippen LogP contribution in [0.25, 0.3) is 0 Å². The van der Waals surface area contributed by atoms with E-state index in [0.717, 1.165) is 8.95 Å². The number of halogens is 4. The molecule has 0 heterocycles. The van der Waals surface area contributed by atoms with Gasteiger partial charge in [0, 0.05) is 8.95 Å². The lowest BCUT2D eigenvalue weighted by Gasteiger charge is -2.19. The Kier molecular flexibility index (Phi) is 5.48. The molecule has 0 nitrogen and oxygen atoms in total. The van der Waals surface area contributed by atoms with E-state index in [4.69, 9.17) is 0 Å². The lowest BCUT2D eigenvalue weighted by molar-refractivity contribution is 0.932. The highest BCUT2D eigenvalue weighted by atomic mass is 79.9. The molecule has 94 valence electrons. The van der Waals surface area contributed by atoms with Crippen LogP contribution in [0.15, 0.2) is 57.5 Å². The summed E-state index contributed by atoms with van der Waals surface area (Å²) in [4.78, 5) is 0.443. The molecule has 0 aliphatic carbocycles. The van der Waals surface area contributed by atoms with Crippen molar-refractivity contribution in [1.29, 1.82) is 0 Å². The number of hydrogen-bond donors (Lipinski definition) is 0. The fourth-order valence-corrected chi connectivity index (χ4v) is 4.07. The van der Waals surface area contributed by atoms with Crippen LogP contribution < -0.4 is 0 Å². The van der Waals surface area contributed by atoms with Gasteiger partial charge >= 0.3 is 0 Å². The Balaban J connectivity index is 2.26. The van der Waals surface area contributed by atoms with Gasteiger partial charge in [0.15, 0.2) is 0 Å². The van der Waals surface area contributed by atoms with Crippen molar-refractivity contribution in [2.45, 2.75) is 9.65 Å².